The second kappa shape index (κ2) is 12.2. The molecule has 0 amide bonds. The zero-order valence-corrected chi connectivity index (χ0v) is 29.4. The van der Waals surface area contributed by atoms with Crippen molar-refractivity contribution in [2.24, 2.45) is 0 Å². The standard InChI is InChI=1S/C52H33NO/c1-2-10-34(11-3-1)39-16-8-17-43(30-39)53(44-28-29-47-48-31-40-13-4-5-14-41(40)32-49(48)54-50(47)33-44)42-26-24-36(25-27-42)46-19-9-15-37-22-23-38-21-20-35-12-6-7-18-45(35)52(38)51(37)46/h1-33H. The number of anilines is 3. The summed E-state index contributed by atoms with van der Waals surface area (Å²) in [5.74, 6) is 0. The molecule has 0 aliphatic heterocycles. The van der Waals surface area contributed by atoms with E-state index in [-0.39, 0.29) is 0 Å². The van der Waals surface area contributed by atoms with Crippen molar-refractivity contribution in [3.63, 3.8) is 0 Å². The van der Waals surface area contributed by atoms with Crippen LogP contribution in [0, 0.1) is 0 Å². The normalized spacial score (nSPS) is 11.7. The molecule has 2 heteroatoms. The average Bonchev–Trinajstić information content (AvgIpc) is 3.59. The molecule has 1 heterocycles. The van der Waals surface area contributed by atoms with E-state index >= 15 is 0 Å². The van der Waals surface area contributed by atoms with Crippen molar-refractivity contribution >= 4 is 82.1 Å². The molecule has 1 aromatic heterocycles. The van der Waals surface area contributed by atoms with Crippen molar-refractivity contribution in [3.05, 3.63) is 200 Å². The van der Waals surface area contributed by atoms with E-state index in [1.165, 1.54) is 65.3 Å². The molecule has 2 nitrogen and oxygen atoms in total. The zero-order valence-electron chi connectivity index (χ0n) is 29.4. The van der Waals surface area contributed by atoms with Gasteiger partial charge in [-0.2, -0.15) is 0 Å². The summed E-state index contributed by atoms with van der Waals surface area (Å²) in [7, 11) is 0. The third kappa shape index (κ3) is 4.96. The van der Waals surface area contributed by atoms with Gasteiger partial charge in [0.05, 0.1) is 0 Å². The van der Waals surface area contributed by atoms with Crippen LogP contribution in [0.2, 0.25) is 0 Å². The van der Waals surface area contributed by atoms with Gasteiger partial charge in [-0.25, -0.2) is 0 Å². The minimum Gasteiger partial charge on any atom is -0.456 e. The van der Waals surface area contributed by atoms with Gasteiger partial charge in [-0.15, -0.1) is 0 Å². The molecule has 0 N–H and O–H groups in total. The van der Waals surface area contributed by atoms with Crippen LogP contribution in [0.5, 0.6) is 0 Å². The van der Waals surface area contributed by atoms with Gasteiger partial charge in [-0.1, -0.05) is 146 Å². The molecule has 0 aliphatic rings. The molecule has 0 aliphatic carbocycles. The van der Waals surface area contributed by atoms with Gasteiger partial charge in [0.2, 0.25) is 0 Å². The van der Waals surface area contributed by atoms with Gasteiger partial charge in [0.15, 0.2) is 0 Å². The van der Waals surface area contributed by atoms with Crippen molar-refractivity contribution in [2.75, 3.05) is 4.90 Å². The van der Waals surface area contributed by atoms with Crippen molar-refractivity contribution in [1.82, 2.24) is 0 Å². The Hall–Kier alpha value is -7.16. The summed E-state index contributed by atoms with van der Waals surface area (Å²) in [6, 6.07) is 72.3. The molecule has 0 spiro atoms. The van der Waals surface area contributed by atoms with Crippen molar-refractivity contribution in [3.8, 4) is 22.3 Å². The maximum atomic E-state index is 6.57. The number of hydrogen-bond acceptors (Lipinski definition) is 2. The van der Waals surface area contributed by atoms with E-state index in [2.05, 4.69) is 205 Å². The summed E-state index contributed by atoms with van der Waals surface area (Å²) >= 11 is 0. The second-order valence-electron chi connectivity index (χ2n) is 14.1. The van der Waals surface area contributed by atoms with Gasteiger partial charge >= 0.3 is 0 Å². The Morgan fingerprint density at radius 3 is 1.74 bits per heavy atom. The molecule has 0 atom stereocenters. The van der Waals surface area contributed by atoms with Crippen molar-refractivity contribution in [2.45, 2.75) is 0 Å². The molecule has 11 rings (SSSR count). The van der Waals surface area contributed by atoms with Gasteiger partial charge in [0, 0.05) is 33.9 Å². The van der Waals surface area contributed by atoms with Crippen LogP contribution in [-0.2, 0) is 0 Å². The lowest BCUT2D eigenvalue weighted by Gasteiger charge is -2.26. The highest BCUT2D eigenvalue weighted by atomic mass is 16.3. The quantitative estimate of drug-likeness (QED) is 0.168. The third-order valence-corrected chi connectivity index (χ3v) is 11.0. The van der Waals surface area contributed by atoms with Gasteiger partial charge in [0.1, 0.15) is 11.2 Å². The fraction of sp³-hybridized carbons (Fsp3) is 0. The highest BCUT2D eigenvalue weighted by Gasteiger charge is 2.18. The largest absolute Gasteiger partial charge is 0.456 e. The first-order chi connectivity index (χ1) is 26.7. The van der Waals surface area contributed by atoms with E-state index in [0.717, 1.165) is 39.0 Å². The Morgan fingerprint density at radius 2 is 0.907 bits per heavy atom. The highest BCUT2D eigenvalue weighted by Crippen LogP contribution is 2.43. The maximum absolute atomic E-state index is 6.57. The van der Waals surface area contributed by atoms with Crippen LogP contribution in [-0.4, -0.2) is 0 Å². The molecule has 252 valence electrons. The Morgan fingerprint density at radius 1 is 0.296 bits per heavy atom. The first kappa shape index (κ1) is 30.5. The Balaban J connectivity index is 1.08. The Kier molecular flexibility index (Phi) is 6.90. The fourth-order valence-corrected chi connectivity index (χ4v) is 8.40. The summed E-state index contributed by atoms with van der Waals surface area (Å²) < 4.78 is 6.57. The minimum absolute atomic E-state index is 0.869. The molecule has 54 heavy (non-hydrogen) atoms. The molecule has 0 fully saturated rings. The minimum atomic E-state index is 0.869. The number of fused-ring (bicyclic) bond motifs is 9. The number of hydrogen-bond donors (Lipinski definition) is 0. The zero-order chi connectivity index (χ0) is 35.6. The fourth-order valence-electron chi connectivity index (χ4n) is 8.40. The molecular formula is C52H33NO. The molecule has 11 aromatic rings. The van der Waals surface area contributed by atoms with Gasteiger partial charge in [-0.05, 0) is 114 Å². The van der Waals surface area contributed by atoms with E-state index in [4.69, 9.17) is 4.42 Å². The summed E-state index contributed by atoms with van der Waals surface area (Å²) in [5, 5.41) is 12.3. The van der Waals surface area contributed by atoms with E-state index in [1.54, 1.807) is 0 Å². The lowest BCUT2D eigenvalue weighted by Crippen LogP contribution is -2.10. The van der Waals surface area contributed by atoms with Crippen LogP contribution in [0.25, 0.3) is 87.3 Å². The third-order valence-electron chi connectivity index (χ3n) is 11.0. The summed E-state index contributed by atoms with van der Waals surface area (Å²) in [6.45, 7) is 0. The van der Waals surface area contributed by atoms with Crippen LogP contribution in [0.15, 0.2) is 205 Å². The van der Waals surface area contributed by atoms with E-state index in [0.29, 0.717) is 0 Å². The Labute approximate surface area is 312 Å². The number of rotatable bonds is 5. The van der Waals surface area contributed by atoms with Crippen molar-refractivity contribution in [1.29, 1.82) is 0 Å². The summed E-state index contributed by atoms with van der Waals surface area (Å²) in [5.41, 5.74) is 9.72. The van der Waals surface area contributed by atoms with Crippen LogP contribution in [0.1, 0.15) is 0 Å². The number of nitrogens with zero attached hydrogens (tertiary/aromatic N) is 1. The average molecular weight is 688 g/mol. The SMILES string of the molecule is c1ccc(-c2cccc(N(c3ccc(-c4cccc5ccc6ccc7ccccc7c6c45)cc3)c3ccc4c(c3)oc3cc5ccccc5cc34)c2)cc1. The van der Waals surface area contributed by atoms with E-state index in [1.807, 2.05) is 0 Å². The Bertz CT molecular complexity index is 3210. The van der Waals surface area contributed by atoms with Crippen LogP contribution in [0.3, 0.4) is 0 Å². The van der Waals surface area contributed by atoms with Crippen LogP contribution < -0.4 is 4.90 Å². The van der Waals surface area contributed by atoms with Gasteiger partial charge in [0.25, 0.3) is 0 Å². The summed E-state index contributed by atoms with van der Waals surface area (Å²) in [6.07, 6.45) is 0. The van der Waals surface area contributed by atoms with E-state index in [9.17, 15) is 0 Å². The predicted molar refractivity (Wildman–Crippen MR) is 229 cm³/mol. The molecule has 0 unspecified atom stereocenters. The molecule has 0 bridgehead atoms. The topological polar surface area (TPSA) is 16.4 Å². The monoisotopic (exact) mass is 687 g/mol. The molecule has 0 saturated heterocycles. The smallest absolute Gasteiger partial charge is 0.137 e. The van der Waals surface area contributed by atoms with Crippen molar-refractivity contribution < 1.29 is 4.42 Å². The van der Waals surface area contributed by atoms with E-state index < -0.39 is 0 Å². The molecule has 0 saturated carbocycles. The first-order valence-electron chi connectivity index (χ1n) is 18.5. The second-order valence-corrected chi connectivity index (χ2v) is 14.1. The van der Waals surface area contributed by atoms with Gasteiger partial charge < -0.3 is 9.32 Å². The van der Waals surface area contributed by atoms with Gasteiger partial charge in [-0.3, -0.25) is 0 Å². The maximum Gasteiger partial charge on any atom is 0.137 e. The van der Waals surface area contributed by atoms with Crippen LogP contribution >= 0.6 is 0 Å². The molecule has 10 aromatic carbocycles. The number of benzene rings is 10. The molecule has 0 radical (unpaired) electrons. The lowest BCUT2D eigenvalue weighted by atomic mass is 9.91. The molecular weight excluding hydrogens is 655 g/mol. The number of furan rings is 1. The highest BCUT2D eigenvalue weighted by molar-refractivity contribution is 6.24. The first-order valence-corrected chi connectivity index (χ1v) is 18.5. The van der Waals surface area contributed by atoms with Crippen LogP contribution in [0.4, 0.5) is 17.1 Å². The lowest BCUT2D eigenvalue weighted by molar-refractivity contribution is 0.669. The predicted octanol–water partition coefficient (Wildman–Crippen LogP) is 15.0. The summed E-state index contributed by atoms with van der Waals surface area (Å²) in [4.78, 5) is 2.34.